The minimum absolute atomic E-state index is 0.417. The molecule has 2 fully saturated rings. The van der Waals surface area contributed by atoms with Crippen molar-refractivity contribution in [1.29, 1.82) is 0 Å². The number of fused-ring (bicyclic) bond motifs is 1. The second-order valence-corrected chi connectivity index (χ2v) is 9.68. The highest BCUT2D eigenvalue weighted by molar-refractivity contribution is 8.23. The predicted octanol–water partition coefficient (Wildman–Crippen LogP) is 6.47. The first-order chi connectivity index (χ1) is 12.7. The molecule has 4 rings (SSSR count). The Labute approximate surface area is 169 Å². The molecule has 0 N–H and O–H groups in total. The number of aliphatic imine (C=N–C) groups is 1. The zero-order chi connectivity index (χ0) is 18.0. The third-order valence-electron chi connectivity index (χ3n) is 5.52. The summed E-state index contributed by atoms with van der Waals surface area (Å²) >= 11 is 9.27. The molecule has 1 spiro atoms. The quantitative estimate of drug-likeness (QED) is 0.509. The SMILES string of the molecule is CSC(=S)N1CC2(CCCCC2)CSC1=Nc1cccc2ccccc12. The Balaban J connectivity index is 1.69. The van der Waals surface area contributed by atoms with Crippen molar-refractivity contribution >= 4 is 61.7 Å². The van der Waals surface area contributed by atoms with Crippen LogP contribution >= 0.6 is 35.7 Å². The van der Waals surface area contributed by atoms with Gasteiger partial charge >= 0.3 is 0 Å². The Bertz CT molecular complexity index is 835. The van der Waals surface area contributed by atoms with E-state index in [1.165, 1.54) is 48.6 Å². The molecule has 0 aromatic heterocycles. The molecular weight excluding hydrogens is 376 g/mol. The Morgan fingerprint density at radius 3 is 2.69 bits per heavy atom. The number of amidine groups is 1. The first kappa shape index (κ1) is 18.3. The number of thiocarbonyl (C=S) groups is 1. The van der Waals surface area contributed by atoms with E-state index in [9.17, 15) is 0 Å². The van der Waals surface area contributed by atoms with Crippen LogP contribution in [0.2, 0.25) is 0 Å². The van der Waals surface area contributed by atoms with Gasteiger partial charge in [-0.3, -0.25) is 0 Å². The van der Waals surface area contributed by atoms with Crippen molar-refractivity contribution in [2.75, 3.05) is 18.6 Å². The summed E-state index contributed by atoms with van der Waals surface area (Å²) in [5.41, 5.74) is 1.46. The summed E-state index contributed by atoms with van der Waals surface area (Å²) in [6, 6.07) is 14.8. The molecule has 1 saturated carbocycles. The summed E-state index contributed by atoms with van der Waals surface area (Å²) in [6.45, 7) is 1.03. The summed E-state index contributed by atoms with van der Waals surface area (Å²) in [4.78, 5) is 7.39. The molecule has 2 aromatic rings. The number of nitrogens with zero attached hydrogens (tertiary/aromatic N) is 2. The molecule has 1 saturated heterocycles. The predicted molar refractivity (Wildman–Crippen MR) is 122 cm³/mol. The number of benzene rings is 2. The second-order valence-electron chi connectivity index (χ2n) is 7.30. The van der Waals surface area contributed by atoms with E-state index >= 15 is 0 Å². The number of hydrogen-bond acceptors (Lipinski definition) is 4. The molecule has 136 valence electrons. The summed E-state index contributed by atoms with van der Waals surface area (Å²) < 4.78 is 0.945. The van der Waals surface area contributed by atoms with Gasteiger partial charge in [-0.2, -0.15) is 0 Å². The fraction of sp³-hybridized carbons (Fsp3) is 0.429. The molecular formula is C21H24N2S3. The summed E-state index contributed by atoms with van der Waals surface area (Å²) in [5.74, 6) is 1.17. The molecule has 2 aromatic carbocycles. The van der Waals surface area contributed by atoms with Crippen LogP contribution in [0.4, 0.5) is 5.69 Å². The molecule has 1 heterocycles. The van der Waals surface area contributed by atoms with Crippen LogP contribution in [-0.2, 0) is 0 Å². The van der Waals surface area contributed by atoms with Crippen LogP contribution in [0.3, 0.4) is 0 Å². The molecule has 0 amide bonds. The molecule has 0 atom stereocenters. The molecule has 1 aliphatic heterocycles. The van der Waals surface area contributed by atoms with E-state index in [1.54, 1.807) is 11.8 Å². The lowest BCUT2D eigenvalue weighted by molar-refractivity contribution is 0.194. The van der Waals surface area contributed by atoms with Crippen molar-refractivity contribution < 1.29 is 0 Å². The number of thioether (sulfide) groups is 2. The van der Waals surface area contributed by atoms with E-state index in [2.05, 4.69) is 53.6 Å². The maximum Gasteiger partial charge on any atom is 0.169 e. The van der Waals surface area contributed by atoms with E-state index in [0.717, 1.165) is 21.7 Å². The normalized spacial score (nSPS) is 21.4. The van der Waals surface area contributed by atoms with E-state index in [-0.39, 0.29) is 0 Å². The molecule has 2 aliphatic rings. The molecule has 26 heavy (non-hydrogen) atoms. The lowest BCUT2D eigenvalue weighted by atomic mass is 9.75. The third kappa shape index (κ3) is 3.67. The highest BCUT2D eigenvalue weighted by Crippen LogP contribution is 2.44. The van der Waals surface area contributed by atoms with Gasteiger partial charge in [0.1, 0.15) is 4.32 Å². The Morgan fingerprint density at radius 2 is 1.88 bits per heavy atom. The first-order valence-electron chi connectivity index (χ1n) is 9.26. The summed E-state index contributed by atoms with van der Waals surface area (Å²) in [5, 5.41) is 3.51. The highest BCUT2D eigenvalue weighted by Gasteiger charge is 2.40. The Kier molecular flexibility index (Phi) is 5.58. The zero-order valence-corrected chi connectivity index (χ0v) is 17.6. The molecule has 0 unspecified atom stereocenters. The second kappa shape index (κ2) is 7.91. The van der Waals surface area contributed by atoms with Gasteiger partial charge < -0.3 is 4.90 Å². The van der Waals surface area contributed by atoms with E-state index < -0.39 is 0 Å². The topological polar surface area (TPSA) is 15.6 Å². The van der Waals surface area contributed by atoms with Gasteiger partial charge in [0.05, 0.1) is 5.69 Å². The van der Waals surface area contributed by atoms with Crippen LogP contribution in [0.5, 0.6) is 0 Å². The zero-order valence-electron chi connectivity index (χ0n) is 15.1. The van der Waals surface area contributed by atoms with Gasteiger partial charge in [0.25, 0.3) is 0 Å². The maximum absolute atomic E-state index is 5.71. The smallest absolute Gasteiger partial charge is 0.169 e. The molecule has 0 radical (unpaired) electrons. The van der Waals surface area contributed by atoms with Gasteiger partial charge in [0.15, 0.2) is 5.17 Å². The summed E-state index contributed by atoms with van der Waals surface area (Å²) in [7, 11) is 0. The van der Waals surface area contributed by atoms with Crippen molar-refractivity contribution in [3.8, 4) is 0 Å². The van der Waals surface area contributed by atoms with Gasteiger partial charge in [-0.15, -0.1) is 0 Å². The van der Waals surface area contributed by atoms with Crippen molar-refractivity contribution in [3.63, 3.8) is 0 Å². The van der Waals surface area contributed by atoms with Crippen LogP contribution in [0.25, 0.3) is 10.8 Å². The fourth-order valence-corrected chi connectivity index (χ4v) is 6.03. The third-order valence-corrected chi connectivity index (χ3v) is 8.14. The Morgan fingerprint density at radius 1 is 1.12 bits per heavy atom. The largest absolute Gasteiger partial charge is 0.306 e. The molecule has 2 nitrogen and oxygen atoms in total. The van der Waals surface area contributed by atoms with Crippen LogP contribution in [0.15, 0.2) is 47.5 Å². The Hall–Kier alpha value is -1.04. The standard InChI is InChI=1S/C21H24N2S3/c1-25-20(24)23-14-21(12-5-2-6-13-21)15-26-19(23)22-18-11-7-9-16-8-3-4-10-17(16)18/h3-4,7-11H,2,5-6,12-15H2,1H3. The van der Waals surface area contributed by atoms with Crippen molar-refractivity contribution in [2.24, 2.45) is 10.4 Å². The van der Waals surface area contributed by atoms with Crippen LogP contribution < -0.4 is 0 Å². The van der Waals surface area contributed by atoms with E-state index in [4.69, 9.17) is 17.2 Å². The molecule has 5 heteroatoms. The van der Waals surface area contributed by atoms with Crippen LogP contribution in [0, 0.1) is 5.41 Å². The average Bonchev–Trinajstić information content (AvgIpc) is 2.70. The molecule has 0 bridgehead atoms. The lowest BCUT2D eigenvalue weighted by Crippen LogP contribution is -2.48. The van der Waals surface area contributed by atoms with Gasteiger partial charge in [-0.05, 0) is 36.0 Å². The minimum Gasteiger partial charge on any atom is -0.306 e. The van der Waals surface area contributed by atoms with Crippen LogP contribution in [0.1, 0.15) is 32.1 Å². The van der Waals surface area contributed by atoms with Gasteiger partial charge in [0, 0.05) is 17.7 Å². The van der Waals surface area contributed by atoms with Crippen molar-refractivity contribution in [1.82, 2.24) is 4.90 Å². The number of hydrogen-bond donors (Lipinski definition) is 0. The monoisotopic (exact) mass is 400 g/mol. The van der Waals surface area contributed by atoms with Crippen molar-refractivity contribution in [2.45, 2.75) is 32.1 Å². The van der Waals surface area contributed by atoms with Gasteiger partial charge in [0.2, 0.25) is 0 Å². The average molecular weight is 401 g/mol. The summed E-state index contributed by atoms with van der Waals surface area (Å²) in [6.07, 6.45) is 8.83. The molecule has 1 aliphatic carbocycles. The van der Waals surface area contributed by atoms with E-state index in [1.807, 2.05) is 11.8 Å². The lowest BCUT2D eigenvalue weighted by Gasteiger charge is -2.45. The van der Waals surface area contributed by atoms with Gasteiger partial charge in [-0.25, -0.2) is 4.99 Å². The minimum atomic E-state index is 0.417. The first-order valence-corrected chi connectivity index (χ1v) is 11.9. The maximum atomic E-state index is 5.71. The van der Waals surface area contributed by atoms with E-state index in [0.29, 0.717) is 5.41 Å². The van der Waals surface area contributed by atoms with Crippen molar-refractivity contribution in [3.05, 3.63) is 42.5 Å². The fourth-order valence-electron chi connectivity index (χ4n) is 4.10. The van der Waals surface area contributed by atoms with Crippen LogP contribution in [-0.4, -0.2) is 32.9 Å². The van der Waals surface area contributed by atoms with Gasteiger partial charge in [-0.1, -0.05) is 91.4 Å². The number of rotatable bonds is 1. The highest BCUT2D eigenvalue weighted by atomic mass is 32.2.